The Labute approximate surface area is 287 Å². The zero-order valence-corrected chi connectivity index (χ0v) is 29.9. The quantitative estimate of drug-likeness (QED) is 0.115. The summed E-state index contributed by atoms with van der Waals surface area (Å²) in [6.45, 7) is 10.6. The van der Waals surface area contributed by atoms with Gasteiger partial charge in [-0.2, -0.15) is 0 Å². The summed E-state index contributed by atoms with van der Waals surface area (Å²) in [6.07, 6.45) is 12.2. The van der Waals surface area contributed by atoms with Crippen LogP contribution in [0.15, 0.2) is 42.5 Å². The molecule has 1 aliphatic heterocycles. The molecule has 10 heteroatoms. The molecule has 48 heavy (non-hydrogen) atoms. The number of ether oxygens (including phenoxy) is 2. The number of nitrogens with zero attached hydrogens (tertiary/aromatic N) is 1. The van der Waals surface area contributed by atoms with E-state index in [1.54, 1.807) is 4.90 Å². The molecule has 268 valence electrons. The number of benzene rings is 1. The Morgan fingerprint density at radius 2 is 1.67 bits per heavy atom. The molecule has 0 radical (unpaired) electrons. The van der Waals surface area contributed by atoms with E-state index in [2.05, 4.69) is 24.5 Å². The van der Waals surface area contributed by atoms with Gasteiger partial charge >= 0.3 is 12.1 Å². The highest BCUT2D eigenvalue weighted by molar-refractivity contribution is 5.92. The minimum Gasteiger partial charge on any atom is -0.461 e. The van der Waals surface area contributed by atoms with Crippen LogP contribution in [0.2, 0.25) is 0 Å². The average molecular weight is 669 g/mol. The number of amides is 3. The van der Waals surface area contributed by atoms with Crippen molar-refractivity contribution < 1.29 is 28.7 Å². The Hall–Kier alpha value is -3.40. The van der Waals surface area contributed by atoms with E-state index in [0.29, 0.717) is 51.6 Å². The second-order valence-electron chi connectivity index (χ2n) is 14.8. The van der Waals surface area contributed by atoms with Gasteiger partial charge in [0.05, 0.1) is 12.0 Å². The van der Waals surface area contributed by atoms with Gasteiger partial charge in [-0.1, -0.05) is 62.8 Å². The van der Waals surface area contributed by atoms with Crippen molar-refractivity contribution >= 4 is 23.9 Å². The van der Waals surface area contributed by atoms with Crippen molar-refractivity contribution in [2.24, 2.45) is 17.6 Å². The highest BCUT2D eigenvalue weighted by Gasteiger charge is 2.38. The summed E-state index contributed by atoms with van der Waals surface area (Å²) < 4.78 is 11.3. The molecule has 1 saturated heterocycles. The Kier molecular flexibility index (Phi) is 15.9. The third-order valence-electron chi connectivity index (χ3n) is 8.84. The van der Waals surface area contributed by atoms with Gasteiger partial charge in [0.2, 0.25) is 11.8 Å². The number of nitrogens with one attached hydrogen (secondary N) is 2. The first-order valence-corrected chi connectivity index (χ1v) is 18.1. The van der Waals surface area contributed by atoms with Crippen molar-refractivity contribution in [1.82, 2.24) is 15.5 Å². The molecular formula is C38H60N4O6. The Morgan fingerprint density at radius 3 is 2.31 bits per heavy atom. The van der Waals surface area contributed by atoms with Gasteiger partial charge in [-0.15, -0.1) is 0 Å². The maximum Gasteiger partial charge on any atom is 0.408 e. The summed E-state index contributed by atoms with van der Waals surface area (Å²) in [6, 6.07) is 7.98. The summed E-state index contributed by atoms with van der Waals surface area (Å²) >= 11 is 0. The lowest BCUT2D eigenvalue weighted by molar-refractivity contribution is -0.155. The normalized spacial score (nSPS) is 19.1. The van der Waals surface area contributed by atoms with Gasteiger partial charge in [-0.05, 0) is 109 Å². The Balaban J connectivity index is 1.79. The zero-order valence-electron chi connectivity index (χ0n) is 29.9. The van der Waals surface area contributed by atoms with Crippen LogP contribution in [-0.4, -0.2) is 71.7 Å². The van der Waals surface area contributed by atoms with Crippen molar-refractivity contribution in [3.63, 3.8) is 0 Å². The minimum absolute atomic E-state index is 0.112. The zero-order chi connectivity index (χ0) is 35.1. The first kappa shape index (κ1) is 39.0. The molecule has 0 spiro atoms. The van der Waals surface area contributed by atoms with Gasteiger partial charge in [0.1, 0.15) is 23.8 Å². The number of carbonyl (C=O) groups is 4. The fourth-order valence-electron chi connectivity index (χ4n) is 6.48. The van der Waals surface area contributed by atoms with E-state index >= 15 is 0 Å². The summed E-state index contributed by atoms with van der Waals surface area (Å²) in [5.41, 5.74) is 6.07. The summed E-state index contributed by atoms with van der Waals surface area (Å²) in [5.74, 6) is -1.16. The number of hydrogen-bond donors (Lipinski definition) is 3. The Bertz CT molecular complexity index is 1190. The lowest BCUT2D eigenvalue weighted by atomic mass is 9.94. The van der Waals surface area contributed by atoms with Crippen LogP contribution in [0.4, 0.5) is 4.79 Å². The summed E-state index contributed by atoms with van der Waals surface area (Å²) in [5, 5.41) is 5.92. The predicted molar refractivity (Wildman–Crippen MR) is 188 cm³/mol. The second kappa shape index (κ2) is 19.6. The SMILES string of the molecule is CC(C)C[C@@H](/C=C/[C@H](Cc1ccccc1)C(=O)N1CCCC1C(=O)NC(CCCCN)C(=O)OC1CCCCC1)NC(=O)OC(C)(C)C. The van der Waals surface area contributed by atoms with Gasteiger partial charge in [-0.25, -0.2) is 9.59 Å². The predicted octanol–water partition coefficient (Wildman–Crippen LogP) is 5.82. The molecule has 0 bridgehead atoms. The monoisotopic (exact) mass is 668 g/mol. The molecule has 10 nitrogen and oxygen atoms in total. The average Bonchev–Trinajstić information content (AvgIpc) is 3.52. The van der Waals surface area contributed by atoms with Crippen LogP contribution in [0.1, 0.15) is 111 Å². The molecule has 2 fully saturated rings. The topological polar surface area (TPSA) is 140 Å². The highest BCUT2D eigenvalue weighted by atomic mass is 16.6. The van der Waals surface area contributed by atoms with Crippen molar-refractivity contribution in [3.05, 3.63) is 48.0 Å². The van der Waals surface area contributed by atoms with Crippen molar-refractivity contribution in [1.29, 1.82) is 0 Å². The van der Waals surface area contributed by atoms with E-state index in [0.717, 1.165) is 44.1 Å². The first-order valence-electron chi connectivity index (χ1n) is 18.1. The summed E-state index contributed by atoms with van der Waals surface area (Å²) in [4.78, 5) is 55.6. The molecule has 1 aromatic carbocycles. The van der Waals surface area contributed by atoms with Crippen molar-refractivity contribution in [3.8, 4) is 0 Å². The van der Waals surface area contributed by atoms with Gasteiger partial charge < -0.3 is 30.7 Å². The molecule has 4 atom stereocenters. The van der Waals surface area contributed by atoms with Crippen LogP contribution in [0.5, 0.6) is 0 Å². The number of alkyl carbamates (subject to hydrolysis) is 1. The van der Waals surface area contributed by atoms with Gasteiger partial charge in [-0.3, -0.25) is 9.59 Å². The standard InChI is InChI=1S/C38H60N4O6/c1-27(2)25-30(40-37(46)48-38(3,4)5)22-21-29(26-28-15-8-6-9-16-28)35(44)42-24-14-20-33(42)34(43)41-32(19-12-13-23-39)36(45)47-31-17-10-7-11-18-31/h6,8-9,15-16,21-22,27,29-33H,7,10-14,17-20,23-26,39H2,1-5H3,(H,40,46)(H,41,43)/b22-21+/t29-,30-,32?,33?/m1/s1. The van der Waals surface area contributed by atoms with E-state index in [1.807, 2.05) is 63.3 Å². The second-order valence-corrected chi connectivity index (χ2v) is 14.8. The van der Waals surface area contributed by atoms with Crippen molar-refractivity contribution in [2.45, 2.75) is 141 Å². The minimum atomic E-state index is -0.778. The first-order chi connectivity index (χ1) is 22.9. The number of rotatable bonds is 16. The molecule has 1 aromatic rings. The van der Waals surface area contributed by atoms with Crippen molar-refractivity contribution in [2.75, 3.05) is 13.1 Å². The molecule has 1 aliphatic carbocycles. The Morgan fingerprint density at radius 1 is 0.958 bits per heavy atom. The number of likely N-dealkylation sites (tertiary alicyclic amines) is 1. The van der Waals surface area contributed by atoms with Gasteiger partial charge in [0.15, 0.2) is 0 Å². The lowest BCUT2D eigenvalue weighted by Gasteiger charge is -2.30. The van der Waals surface area contributed by atoms with E-state index in [1.165, 1.54) is 0 Å². The van der Waals surface area contributed by atoms with Crippen LogP contribution >= 0.6 is 0 Å². The molecule has 2 unspecified atom stereocenters. The summed E-state index contributed by atoms with van der Waals surface area (Å²) in [7, 11) is 0. The maximum atomic E-state index is 14.3. The molecule has 3 amide bonds. The maximum absolute atomic E-state index is 14.3. The number of nitrogens with two attached hydrogens (primary N) is 1. The molecule has 1 saturated carbocycles. The lowest BCUT2D eigenvalue weighted by Crippen LogP contribution is -2.52. The largest absolute Gasteiger partial charge is 0.461 e. The van der Waals surface area contributed by atoms with E-state index in [4.69, 9.17) is 15.2 Å². The van der Waals surface area contributed by atoms with Crippen LogP contribution < -0.4 is 16.4 Å². The van der Waals surface area contributed by atoms with Gasteiger partial charge in [0.25, 0.3) is 0 Å². The van der Waals surface area contributed by atoms with E-state index in [9.17, 15) is 19.2 Å². The van der Waals surface area contributed by atoms with Crippen LogP contribution in [0, 0.1) is 11.8 Å². The smallest absolute Gasteiger partial charge is 0.408 e. The molecule has 1 heterocycles. The van der Waals surface area contributed by atoms with Crippen LogP contribution in [0.3, 0.4) is 0 Å². The molecule has 0 aromatic heterocycles. The van der Waals surface area contributed by atoms with Gasteiger partial charge in [0, 0.05) is 6.54 Å². The highest BCUT2D eigenvalue weighted by Crippen LogP contribution is 2.25. The fourth-order valence-corrected chi connectivity index (χ4v) is 6.48. The molecular weight excluding hydrogens is 608 g/mol. The number of carbonyl (C=O) groups excluding carboxylic acids is 4. The molecule has 2 aliphatic rings. The molecule has 3 rings (SSSR count). The number of esters is 1. The van der Waals surface area contributed by atoms with E-state index in [-0.39, 0.29) is 29.9 Å². The fraction of sp³-hybridized carbons (Fsp3) is 0.684. The van der Waals surface area contributed by atoms with Crippen LogP contribution in [0.25, 0.3) is 0 Å². The van der Waals surface area contributed by atoms with E-state index < -0.39 is 35.7 Å². The molecule has 4 N–H and O–H groups in total. The number of unbranched alkanes of at least 4 members (excludes halogenated alkanes) is 1. The third-order valence-corrected chi connectivity index (χ3v) is 8.84. The number of hydrogen-bond acceptors (Lipinski definition) is 7. The third kappa shape index (κ3) is 13.6. The van der Waals surface area contributed by atoms with Crippen LogP contribution in [-0.2, 0) is 30.3 Å².